The Morgan fingerprint density at radius 3 is 2.96 bits per heavy atom. The average Bonchev–Trinajstić information content (AvgIpc) is 3.06. The molecule has 3 aromatic rings. The molecule has 1 saturated heterocycles. The summed E-state index contributed by atoms with van der Waals surface area (Å²) in [5.41, 5.74) is 2.84. The van der Waals surface area contributed by atoms with Gasteiger partial charge in [-0.2, -0.15) is 10.2 Å². The molecule has 1 aliphatic carbocycles. The van der Waals surface area contributed by atoms with Crippen LogP contribution in [-0.4, -0.2) is 44.5 Å². The van der Waals surface area contributed by atoms with Crippen molar-refractivity contribution < 1.29 is 9.53 Å². The third-order valence-electron chi connectivity index (χ3n) is 5.71. The molecule has 2 aliphatic rings. The highest BCUT2D eigenvalue weighted by Gasteiger charge is 2.39. The van der Waals surface area contributed by atoms with Crippen LogP contribution in [0, 0.1) is 11.8 Å². The second-order valence-electron chi connectivity index (χ2n) is 7.85. The van der Waals surface area contributed by atoms with E-state index in [1.165, 1.54) is 0 Å². The van der Waals surface area contributed by atoms with Crippen molar-refractivity contribution in [2.45, 2.75) is 25.8 Å². The predicted molar refractivity (Wildman–Crippen MR) is 105 cm³/mol. The molecule has 1 saturated carbocycles. The second-order valence-corrected chi connectivity index (χ2v) is 7.85. The smallest absolute Gasteiger partial charge is 0.228 e. The number of anilines is 1. The van der Waals surface area contributed by atoms with Crippen molar-refractivity contribution in [2.24, 2.45) is 18.9 Å². The molecular formula is C20H24N6O2. The van der Waals surface area contributed by atoms with Crippen LogP contribution in [0.4, 0.5) is 5.82 Å². The van der Waals surface area contributed by atoms with Crippen LogP contribution < -0.4 is 15.4 Å². The minimum absolute atomic E-state index is 0.0584. The molecule has 146 valence electrons. The standard InChI is InChI=1S/C20H24N6O2/c1-12-7-16(12)20(27)23-18-9-15-8-13(4-6-26(15)24-18)19-17(10-22-25(19)2)28-11-14-3-5-21-14/h4,6,8-10,12,14,16,21H,3,5,7,11H2,1-2H3,(H,23,24,27)/t12-,14?,16-/m1/s1. The molecule has 0 spiro atoms. The summed E-state index contributed by atoms with van der Waals surface area (Å²) in [6, 6.07) is 6.34. The molecule has 0 radical (unpaired) electrons. The summed E-state index contributed by atoms with van der Waals surface area (Å²) < 4.78 is 9.60. The van der Waals surface area contributed by atoms with Gasteiger partial charge < -0.3 is 15.4 Å². The van der Waals surface area contributed by atoms with Crippen LogP contribution in [0.5, 0.6) is 5.75 Å². The van der Waals surface area contributed by atoms with Gasteiger partial charge in [-0.3, -0.25) is 9.48 Å². The fourth-order valence-electron chi connectivity index (χ4n) is 3.64. The predicted octanol–water partition coefficient (Wildman–Crippen LogP) is 2.07. The summed E-state index contributed by atoms with van der Waals surface area (Å²) in [5, 5.41) is 15.1. The zero-order valence-corrected chi connectivity index (χ0v) is 16.1. The fourth-order valence-corrected chi connectivity index (χ4v) is 3.64. The van der Waals surface area contributed by atoms with Gasteiger partial charge in [0, 0.05) is 36.8 Å². The van der Waals surface area contributed by atoms with Gasteiger partial charge >= 0.3 is 0 Å². The number of carbonyl (C=O) groups excluding carboxylic acids is 1. The molecule has 4 heterocycles. The van der Waals surface area contributed by atoms with E-state index in [0.29, 0.717) is 24.4 Å². The molecule has 2 N–H and O–H groups in total. The van der Waals surface area contributed by atoms with E-state index in [9.17, 15) is 4.79 Å². The number of aryl methyl sites for hydroxylation is 1. The lowest BCUT2D eigenvalue weighted by Crippen LogP contribution is -2.46. The SMILES string of the molecule is C[C@@H]1C[C@H]1C(=O)Nc1cc2cc(-c3c(OCC4CCN4)cnn3C)ccn2n1. The summed E-state index contributed by atoms with van der Waals surface area (Å²) in [6.07, 6.45) is 5.76. The first-order valence-corrected chi connectivity index (χ1v) is 9.77. The van der Waals surface area contributed by atoms with Crippen molar-refractivity contribution >= 4 is 17.2 Å². The van der Waals surface area contributed by atoms with Crippen molar-refractivity contribution in [1.29, 1.82) is 0 Å². The first kappa shape index (κ1) is 17.2. The Morgan fingerprint density at radius 1 is 1.43 bits per heavy atom. The van der Waals surface area contributed by atoms with E-state index in [4.69, 9.17) is 4.74 Å². The Morgan fingerprint density at radius 2 is 2.25 bits per heavy atom. The Hall–Kier alpha value is -2.87. The third-order valence-corrected chi connectivity index (χ3v) is 5.71. The molecule has 8 heteroatoms. The van der Waals surface area contributed by atoms with Crippen LogP contribution in [0.15, 0.2) is 30.6 Å². The van der Waals surface area contributed by atoms with E-state index in [2.05, 4.69) is 27.8 Å². The largest absolute Gasteiger partial charge is 0.488 e. The van der Waals surface area contributed by atoms with Gasteiger partial charge in [-0.25, -0.2) is 4.52 Å². The zero-order valence-electron chi connectivity index (χ0n) is 16.1. The van der Waals surface area contributed by atoms with Gasteiger partial charge in [-0.05, 0) is 37.4 Å². The molecule has 1 amide bonds. The molecule has 2 fully saturated rings. The molecule has 0 aromatic carbocycles. The number of nitrogens with zero attached hydrogens (tertiary/aromatic N) is 4. The lowest BCUT2D eigenvalue weighted by molar-refractivity contribution is -0.117. The average molecular weight is 380 g/mol. The number of hydrogen-bond donors (Lipinski definition) is 2. The lowest BCUT2D eigenvalue weighted by Gasteiger charge is -2.27. The van der Waals surface area contributed by atoms with Crippen molar-refractivity contribution in [3.05, 3.63) is 30.6 Å². The number of hydrogen-bond acceptors (Lipinski definition) is 5. The minimum Gasteiger partial charge on any atom is -0.488 e. The van der Waals surface area contributed by atoms with Gasteiger partial charge in [0.25, 0.3) is 0 Å². The van der Waals surface area contributed by atoms with E-state index < -0.39 is 0 Å². The maximum Gasteiger partial charge on any atom is 0.228 e. The molecule has 5 rings (SSSR count). The molecule has 3 aromatic heterocycles. The van der Waals surface area contributed by atoms with Crippen LogP contribution in [0.25, 0.3) is 16.8 Å². The number of pyridine rings is 1. The molecule has 3 atom stereocenters. The number of nitrogens with one attached hydrogen (secondary N) is 2. The monoisotopic (exact) mass is 380 g/mol. The molecule has 1 aliphatic heterocycles. The molecule has 28 heavy (non-hydrogen) atoms. The van der Waals surface area contributed by atoms with Gasteiger partial charge in [0.2, 0.25) is 5.91 Å². The number of ether oxygens (including phenoxy) is 1. The van der Waals surface area contributed by atoms with Gasteiger partial charge in [0.15, 0.2) is 11.6 Å². The fraction of sp³-hybridized carbons (Fsp3) is 0.450. The summed E-state index contributed by atoms with van der Waals surface area (Å²) in [5.74, 6) is 2.01. The van der Waals surface area contributed by atoms with Crippen molar-refractivity contribution in [1.82, 2.24) is 24.7 Å². The number of fused-ring (bicyclic) bond motifs is 1. The quantitative estimate of drug-likeness (QED) is 0.684. The van der Waals surface area contributed by atoms with Crippen molar-refractivity contribution in [3.8, 4) is 17.0 Å². The summed E-state index contributed by atoms with van der Waals surface area (Å²) in [6.45, 7) is 3.79. The van der Waals surface area contributed by atoms with Crippen LogP contribution in [0.1, 0.15) is 19.8 Å². The van der Waals surface area contributed by atoms with Crippen molar-refractivity contribution in [2.75, 3.05) is 18.5 Å². The second kappa shape index (κ2) is 6.63. The van der Waals surface area contributed by atoms with E-state index in [0.717, 1.165) is 41.9 Å². The molecule has 8 nitrogen and oxygen atoms in total. The van der Waals surface area contributed by atoms with Crippen LogP contribution in [0.3, 0.4) is 0 Å². The number of carbonyl (C=O) groups is 1. The Balaban J connectivity index is 1.38. The van der Waals surface area contributed by atoms with E-state index in [1.807, 2.05) is 36.1 Å². The first-order valence-electron chi connectivity index (χ1n) is 9.77. The first-order chi connectivity index (χ1) is 13.6. The minimum atomic E-state index is 0.0584. The maximum absolute atomic E-state index is 12.2. The zero-order chi connectivity index (χ0) is 19.3. The maximum atomic E-state index is 12.2. The van der Waals surface area contributed by atoms with E-state index in [1.54, 1.807) is 10.7 Å². The van der Waals surface area contributed by atoms with Crippen molar-refractivity contribution in [3.63, 3.8) is 0 Å². The summed E-state index contributed by atoms with van der Waals surface area (Å²) in [4.78, 5) is 12.2. The third kappa shape index (κ3) is 3.13. The molecular weight excluding hydrogens is 356 g/mol. The highest BCUT2D eigenvalue weighted by atomic mass is 16.5. The van der Waals surface area contributed by atoms with Crippen LogP contribution >= 0.6 is 0 Å². The summed E-state index contributed by atoms with van der Waals surface area (Å²) >= 11 is 0. The normalized spacial score (nSPS) is 23.4. The highest BCUT2D eigenvalue weighted by molar-refractivity contribution is 5.94. The Kier molecular flexibility index (Phi) is 4.08. The summed E-state index contributed by atoms with van der Waals surface area (Å²) in [7, 11) is 1.91. The van der Waals surface area contributed by atoms with E-state index >= 15 is 0 Å². The Labute approximate surface area is 162 Å². The van der Waals surface area contributed by atoms with Crippen LogP contribution in [-0.2, 0) is 11.8 Å². The van der Waals surface area contributed by atoms with E-state index in [-0.39, 0.29) is 11.8 Å². The number of aromatic nitrogens is 4. The number of amides is 1. The van der Waals surface area contributed by atoms with Crippen LogP contribution in [0.2, 0.25) is 0 Å². The van der Waals surface area contributed by atoms with Gasteiger partial charge in [-0.1, -0.05) is 6.92 Å². The lowest BCUT2D eigenvalue weighted by atomic mass is 10.1. The Bertz CT molecular complexity index is 1030. The van der Waals surface area contributed by atoms with Gasteiger partial charge in [-0.15, -0.1) is 0 Å². The topological polar surface area (TPSA) is 85.5 Å². The number of rotatable bonds is 6. The van der Waals surface area contributed by atoms with Gasteiger partial charge in [0.1, 0.15) is 12.3 Å². The highest BCUT2D eigenvalue weighted by Crippen LogP contribution is 2.38. The molecule has 0 bridgehead atoms. The molecule has 1 unspecified atom stereocenters. The van der Waals surface area contributed by atoms with Gasteiger partial charge in [0.05, 0.1) is 11.7 Å².